The van der Waals surface area contributed by atoms with Gasteiger partial charge >= 0.3 is 29.2 Å². The molecule has 0 aliphatic carbocycles. The van der Waals surface area contributed by atoms with Crippen molar-refractivity contribution >= 4 is 63.5 Å². The summed E-state index contributed by atoms with van der Waals surface area (Å²) in [5.74, 6) is 0.160. The molecule has 0 aromatic carbocycles. The van der Waals surface area contributed by atoms with Crippen molar-refractivity contribution in [3.8, 4) is 5.88 Å². The summed E-state index contributed by atoms with van der Waals surface area (Å²) in [7, 11) is -12.5. The number of rotatable bonds is 13. The largest absolute Gasteiger partial charge is 0.479 e. The number of aromatic nitrogens is 10. The molecular formula is C30H44N13O21P3. The normalized spacial score (nSPS) is 25.5. The minimum absolute atomic E-state index is 0.0129. The first-order chi connectivity index (χ1) is 31.3. The molecule has 3 aliphatic heterocycles. The Morgan fingerprint density at radius 1 is 0.672 bits per heavy atom. The molecule has 5 aromatic rings. The highest BCUT2D eigenvalue weighted by molar-refractivity contribution is 7.46. The fourth-order valence-corrected chi connectivity index (χ4v) is 7.70. The molecule has 0 spiro atoms. The van der Waals surface area contributed by atoms with E-state index in [0.717, 1.165) is 4.57 Å². The highest BCUT2D eigenvalue weighted by Gasteiger charge is 2.40. The van der Waals surface area contributed by atoms with Gasteiger partial charge in [0.25, 0.3) is 5.56 Å². The number of aromatic amines is 1. The average Bonchev–Trinajstić information content (AvgIpc) is 4.06. The summed E-state index contributed by atoms with van der Waals surface area (Å²) in [5, 5.41) is 29.7. The summed E-state index contributed by atoms with van der Waals surface area (Å²) in [6, 6.07) is 1.40. The van der Waals surface area contributed by atoms with E-state index in [9.17, 15) is 38.6 Å². The molecule has 67 heavy (non-hydrogen) atoms. The molecule has 34 nitrogen and oxygen atoms in total. The molecule has 9 atom stereocenters. The predicted octanol–water partition coefficient (Wildman–Crippen LogP) is -3.78. The fraction of sp³-hybridized carbons (Fsp3) is 0.533. The van der Waals surface area contributed by atoms with E-state index >= 15 is 0 Å². The van der Waals surface area contributed by atoms with Crippen molar-refractivity contribution in [1.29, 1.82) is 0 Å². The second kappa shape index (κ2) is 20.7. The van der Waals surface area contributed by atoms with Crippen molar-refractivity contribution in [1.82, 2.24) is 48.6 Å². The zero-order valence-electron chi connectivity index (χ0n) is 34.3. The van der Waals surface area contributed by atoms with Gasteiger partial charge in [-0.15, -0.1) is 0 Å². The molecule has 3 fully saturated rings. The van der Waals surface area contributed by atoms with Crippen LogP contribution in [0.2, 0.25) is 0 Å². The third-order valence-electron chi connectivity index (χ3n) is 9.67. The van der Waals surface area contributed by atoms with Gasteiger partial charge < -0.3 is 80.8 Å². The van der Waals surface area contributed by atoms with Crippen molar-refractivity contribution in [3.63, 3.8) is 0 Å². The smallest absolute Gasteiger partial charge is 0.469 e. The maximum Gasteiger partial charge on any atom is 0.469 e. The number of nitrogens with two attached hydrogens (primary N) is 3. The fourth-order valence-electron chi connectivity index (χ4n) is 6.68. The van der Waals surface area contributed by atoms with Crippen molar-refractivity contribution in [2.75, 3.05) is 44.1 Å². The van der Waals surface area contributed by atoms with Crippen LogP contribution in [-0.2, 0) is 41.5 Å². The maximum absolute atomic E-state index is 11.7. The van der Waals surface area contributed by atoms with Crippen LogP contribution < -0.4 is 33.2 Å². The first kappa shape index (κ1) is 51.5. The third-order valence-corrected chi connectivity index (χ3v) is 11.1. The lowest BCUT2D eigenvalue weighted by Crippen LogP contribution is -2.28. The number of hydrogen-bond donors (Lipinski definition) is 13. The number of H-pyrrole nitrogens is 1. The average molecular weight is 1020 g/mol. The van der Waals surface area contributed by atoms with E-state index in [1.54, 1.807) is 0 Å². The van der Waals surface area contributed by atoms with Crippen molar-refractivity contribution in [2.45, 2.75) is 74.6 Å². The number of imidazole rings is 2. The van der Waals surface area contributed by atoms with Crippen molar-refractivity contribution in [3.05, 3.63) is 45.8 Å². The van der Waals surface area contributed by atoms with Gasteiger partial charge in [0.05, 0.1) is 57.9 Å². The summed E-state index contributed by atoms with van der Waals surface area (Å²) in [6.07, 6.45) is -3.51. The van der Waals surface area contributed by atoms with E-state index in [1.165, 1.54) is 41.2 Å². The van der Waals surface area contributed by atoms with Gasteiger partial charge in [0.15, 0.2) is 22.3 Å². The first-order valence-corrected chi connectivity index (χ1v) is 23.6. The van der Waals surface area contributed by atoms with Crippen LogP contribution in [0.5, 0.6) is 5.88 Å². The zero-order valence-corrected chi connectivity index (χ0v) is 37.0. The van der Waals surface area contributed by atoms with Gasteiger partial charge in [0.1, 0.15) is 42.8 Å². The lowest BCUT2D eigenvalue weighted by Gasteiger charge is -2.16. The van der Waals surface area contributed by atoms with E-state index in [-0.39, 0.29) is 54.0 Å². The van der Waals surface area contributed by atoms with Gasteiger partial charge in [-0.25, -0.2) is 28.5 Å². The number of ether oxygens (including phenoxy) is 4. The van der Waals surface area contributed by atoms with Gasteiger partial charge in [-0.3, -0.25) is 37.1 Å². The number of nitrogen functional groups attached to an aromatic ring is 3. The van der Waals surface area contributed by atoms with Crippen LogP contribution in [0.25, 0.3) is 22.3 Å². The minimum Gasteiger partial charge on any atom is -0.479 e. The number of aliphatic hydroxyl groups excluding tert-OH is 3. The van der Waals surface area contributed by atoms with Gasteiger partial charge in [0.2, 0.25) is 17.8 Å². The number of hydrogen-bond acceptors (Lipinski definition) is 24. The van der Waals surface area contributed by atoms with Crippen molar-refractivity contribution < 1.29 is 90.9 Å². The van der Waals surface area contributed by atoms with Crippen LogP contribution in [0.1, 0.15) is 37.9 Å². The molecule has 5 aromatic heterocycles. The lowest BCUT2D eigenvalue weighted by atomic mass is 10.2. The molecular weight excluding hydrogens is 971 g/mol. The van der Waals surface area contributed by atoms with Gasteiger partial charge in [0, 0.05) is 25.5 Å². The molecule has 0 saturated carbocycles. The second-order valence-corrected chi connectivity index (χ2v) is 18.1. The van der Waals surface area contributed by atoms with Crippen LogP contribution in [0, 0.1) is 0 Å². The maximum atomic E-state index is 11.7. The Kier molecular flexibility index (Phi) is 15.9. The van der Waals surface area contributed by atoms with Crippen LogP contribution in [0.3, 0.4) is 0 Å². The Morgan fingerprint density at radius 3 is 1.54 bits per heavy atom. The number of nitrogens with one attached hydrogen (secondary N) is 1. The van der Waals surface area contributed by atoms with E-state index in [2.05, 4.69) is 48.5 Å². The van der Waals surface area contributed by atoms with Crippen LogP contribution in [0.15, 0.2) is 34.5 Å². The molecule has 37 heteroatoms. The predicted molar refractivity (Wildman–Crippen MR) is 219 cm³/mol. The molecule has 370 valence electrons. The Labute approximate surface area is 372 Å². The standard InChI is InChI=1S/C11H16N5O7P.C10H14N5O7P.C9H14N3O7P/c1-21-10-8-9(14-11(12)15-10)16(4-13-8)7-2-5(17)6(23-7)3-22-24(18,19)20;11-10-13-8-7(9(17)14-10)12-3-15(8)6-1-4(16)5(22-6)2-21-23(18,19)20;10-7-1-2-12(9(14)11-7)8-3-5(13)6(19-8)4-18-20(15,16)17/h4-7,17H,2-3H2,1H3,(H2,12,14,15)(H2,18,19,20);3-6,16H,1-2H2,(H2,18,19,20)(H3,11,13,14,17);1-2,5-6,8,13H,3-4H2,(H2,10,11,14)(H2,15,16,17)/t5-,6+,7+;4-,5+,6+;5-,6+,8+/m000/s1. The van der Waals surface area contributed by atoms with Gasteiger partial charge in [-0.1, -0.05) is 0 Å². The number of phosphoric acid groups is 3. The zero-order chi connectivity index (χ0) is 49.2. The number of anilines is 3. The molecule has 3 aliphatic rings. The Morgan fingerprint density at radius 2 is 1.10 bits per heavy atom. The summed E-state index contributed by atoms with van der Waals surface area (Å²) in [5.41, 5.74) is 16.3. The molecule has 0 unspecified atom stereocenters. The van der Waals surface area contributed by atoms with Gasteiger partial charge in [-0.05, 0) is 6.07 Å². The van der Waals surface area contributed by atoms with Gasteiger partial charge in [-0.2, -0.15) is 19.9 Å². The Bertz CT molecular complexity index is 2790. The summed E-state index contributed by atoms with van der Waals surface area (Å²) >= 11 is 0. The van der Waals surface area contributed by atoms with Crippen LogP contribution in [0.4, 0.5) is 17.7 Å². The number of aliphatic hydroxyl groups is 3. The third kappa shape index (κ3) is 13.4. The molecule has 8 heterocycles. The monoisotopic (exact) mass is 1020 g/mol. The molecule has 3 saturated heterocycles. The summed E-state index contributed by atoms with van der Waals surface area (Å²) < 4.78 is 70.7. The second-order valence-electron chi connectivity index (χ2n) is 14.4. The Hall–Kier alpha value is -4.93. The van der Waals surface area contributed by atoms with E-state index in [4.69, 9.17) is 65.5 Å². The molecule has 0 radical (unpaired) electrons. The summed E-state index contributed by atoms with van der Waals surface area (Å²) in [4.78, 5) is 101. The number of methoxy groups -OCH3 is 1. The number of fused-ring (bicyclic) bond motifs is 2. The van der Waals surface area contributed by atoms with E-state index in [0.29, 0.717) is 11.2 Å². The van der Waals surface area contributed by atoms with Crippen LogP contribution in [-0.4, -0.2) is 157 Å². The molecule has 8 rings (SSSR count). The number of phosphoric ester groups is 3. The highest BCUT2D eigenvalue weighted by Crippen LogP contribution is 2.41. The minimum atomic E-state index is -4.66. The molecule has 16 N–H and O–H groups in total. The lowest BCUT2D eigenvalue weighted by molar-refractivity contribution is -0.0450. The quantitative estimate of drug-likeness (QED) is 0.0503. The Balaban J connectivity index is 0.000000167. The SMILES string of the molecule is COc1nc(N)nc2c1ncn2[C@H]1C[C@H](O)[C@@H](COP(=O)(O)O)O1.Nc1ccn([C@H]2C[C@H](O)[C@@H](COP(=O)(O)O)O2)c(=O)n1.Nc1nc2c(ncn2[C@H]2C[C@H](O)[C@@H](COP(=O)(O)O)O2)c(=O)[nH]1. The first-order valence-electron chi connectivity index (χ1n) is 19.0. The van der Waals surface area contributed by atoms with E-state index in [1.807, 2.05) is 0 Å². The summed E-state index contributed by atoms with van der Waals surface area (Å²) in [6.45, 7) is -1.42. The topological polar surface area (TPSA) is 518 Å². The number of nitrogens with zero attached hydrogens (tertiary/aromatic N) is 9. The molecule has 0 amide bonds. The van der Waals surface area contributed by atoms with Crippen molar-refractivity contribution in [2.24, 2.45) is 0 Å². The van der Waals surface area contributed by atoms with E-state index < -0.39 is 110 Å². The van der Waals surface area contributed by atoms with Crippen LogP contribution >= 0.6 is 23.5 Å². The highest BCUT2D eigenvalue weighted by atomic mass is 31.2. The molecule has 0 bridgehead atoms.